The average molecular weight is 334 g/mol. The summed E-state index contributed by atoms with van der Waals surface area (Å²) in [6.07, 6.45) is -4.68. The lowest BCUT2D eigenvalue weighted by molar-refractivity contribution is -0.274. The maximum Gasteiger partial charge on any atom is 0.573 e. The quantitative estimate of drug-likeness (QED) is 0.623. The first-order valence-corrected chi connectivity index (χ1v) is 7.23. The van der Waals surface area contributed by atoms with Crippen LogP contribution in [0.1, 0.15) is 5.56 Å². The Morgan fingerprint density at radius 1 is 1.10 bits per heavy atom. The number of nitrogens with two attached hydrogens (primary N) is 1. The van der Waals surface area contributed by atoms with Gasteiger partial charge in [0.05, 0.1) is 5.02 Å². The molecule has 2 nitrogen and oxygen atoms in total. The summed E-state index contributed by atoms with van der Waals surface area (Å²) >= 11 is 7.47. The van der Waals surface area contributed by atoms with Gasteiger partial charge in [-0.15, -0.1) is 24.9 Å². The second-order valence-electron chi connectivity index (χ2n) is 4.14. The topological polar surface area (TPSA) is 35.2 Å². The summed E-state index contributed by atoms with van der Waals surface area (Å²) in [5.41, 5.74) is 7.24. The van der Waals surface area contributed by atoms with E-state index in [0.717, 1.165) is 10.5 Å². The number of hydrogen-bond acceptors (Lipinski definition) is 3. The minimum atomic E-state index is -4.68. The van der Waals surface area contributed by atoms with Gasteiger partial charge in [-0.25, -0.2) is 0 Å². The molecule has 0 radical (unpaired) electrons. The zero-order chi connectivity index (χ0) is 15.5. The van der Waals surface area contributed by atoms with E-state index in [2.05, 4.69) is 4.74 Å². The Hall–Kier alpha value is -1.53. The van der Waals surface area contributed by atoms with Crippen LogP contribution in [0.15, 0.2) is 47.4 Å². The first kappa shape index (κ1) is 15.9. The molecule has 0 aliphatic heterocycles. The minimum absolute atomic E-state index is 0.242. The molecule has 0 spiro atoms. The van der Waals surface area contributed by atoms with Gasteiger partial charge in [0.25, 0.3) is 0 Å². The summed E-state index contributed by atoms with van der Waals surface area (Å²) < 4.78 is 39.9. The molecule has 2 aromatic rings. The molecule has 0 saturated carbocycles. The molecule has 2 aromatic carbocycles. The third kappa shape index (κ3) is 4.75. The zero-order valence-corrected chi connectivity index (χ0v) is 12.2. The molecule has 7 heteroatoms. The summed E-state index contributed by atoms with van der Waals surface area (Å²) in [5.74, 6) is 0.300. The van der Waals surface area contributed by atoms with Crippen LogP contribution in [0.25, 0.3) is 0 Å². The fraction of sp³-hybridized carbons (Fsp3) is 0.143. The lowest BCUT2D eigenvalue weighted by atomic mass is 10.2. The maximum absolute atomic E-state index is 12.0. The van der Waals surface area contributed by atoms with E-state index in [9.17, 15) is 13.2 Å². The second-order valence-corrected chi connectivity index (χ2v) is 5.53. The van der Waals surface area contributed by atoms with E-state index in [1.165, 1.54) is 23.9 Å². The molecule has 0 aliphatic carbocycles. The van der Waals surface area contributed by atoms with Crippen molar-refractivity contribution in [2.75, 3.05) is 5.73 Å². The maximum atomic E-state index is 12.0. The Kier molecular flexibility index (Phi) is 4.90. The molecule has 0 heterocycles. The number of alkyl halides is 3. The number of ether oxygens (including phenoxy) is 1. The standard InChI is InChI=1S/C14H11ClF3NOS/c15-11-2-1-3-12(19)13(11)21-8-9-4-6-10(7-5-9)20-14(16,17)18/h1-7H,8,19H2. The Balaban J connectivity index is 2.01. The second kappa shape index (κ2) is 6.49. The van der Waals surface area contributed by atoms with Gasteiger partial charge in [0.1, 0.15) is 5.75 Å². The largest absolute Gasteiger partial charge is 0.573 e. The molecule has 0 saturated heterocycles. The molecule has 0 aromatic heterocycles. The fourth-order valence-electron chi connectivity index (χ4n) is 1.62. The predicted molar refractivity (Wildman–Crippen MR) is 78.6 cm³/mol. The molecule has 0 aliphatic rings. The van der Waals surface area contributed by atoms with Crippen LogP contribution >= 0.6 is 23.4 Å². The minimum Gasteiger partial charge on any atom is -0.406 e. The molecule has 0 atom stereocenters. The SMILES string of the molecule is Nc1cccc(Cl)c1SCc1ccc(OC(F)(F)F)cc1. The molecule has 21 heavy (non-hydrogen) atoms. The highest BCUT2D eigenvalue weighted by Crippen LogP contribution is 2.34. The third-order valence-electron chi connectivity index (χ3n) is 2.54. The highest BCUT2D eigenvalue weighted by Gasteiger charge is 2.30. The van der Waals surface area contributed by atoms with Crippen molar-refractivity contribution in [2.45, 2.75) is 17.0 Å². The summed E-state index contributed by atoms with van der Waals surface area (Å²) in [5, 5.41) is 0.553. The number of halogens is 4. The van der Waals surface area contributed by atoms with E-state index in [1.807, 2.05) is 0 Å². The Morgan fingerprint density at radius 2 is 1.76 bits per heavy atom. The van der Waals surface area contributed by atoms with Gasteiger partial charge in [-0.2, -0.15) is 0 Å². The molecule has 2 rings (SSSR count). The number of nitrogen functional groups attached to an aromatic ring is 1. The number of benzene rings is 2. The van der Waals surface area contributed by atoms with Crippen molar-refractivity contribution in [3.05, 3.63) is 53.1 Å². The van der Waals surface area contributed by atoms with Crippen molar-refractivity contribution in [1.82, 2.24) is 0 Å². The Morgan fingerprint density at radius 3 is 2.33 bits per heavy atom. The zero-order valence-electron chi connectivity index (χ0n) is 10.7. The first-order chi connectivity index (χ1) is 9.85. The van der Waals surface area contributed by atoms with Crippen LogP contribution in [0.2, 0.25) is 5.02 Å². The van der Waals surface area contributed by atoms with Crippen LogP contribution in [-0.2, 0) is 5.75 Å². The van der Waals surface area contributed by atoms with Gasteiger partial charge < -0.3 is 10.5 Å². The van der Waals surface area contributed by atoms with Crippen molar-refractivity contribution in [3.63, 3.8) is 0 Å². The summed E-state index contributed by atoms with van der Waals surface area (Å²) in [7, 11) is 0. The van der Waals surface area contributed by atoms with Gasteiger partial charge in [-0.05, 0) is 29.8 Å². The molecule has 0 amide bonds. The molecule has 2 N–H and O–H groups in total. The lowest BCUT2D eigenvalue weighted by Gasteiger charge is -2.10. The first-order valence-electron chi connectivity index (χ1n) is 5.86. The molecular weight excluding hydrogens is 323 g/mol. The highest BCUT2D eigenvalue weighted by atomic mass is 35.5. The van der Waals surface area contributed by atoms with Crippen molar-refractivity contribution in [2.24, 2.45) is 0 Å². The number of hydrogen-bond donors (Lipinski definition) is 1. The van der Waals surface area contributed by atoms with E-state index in [1.54, 1.807) is 30.3 Å². The molecular formula is C14H11ClF3NOS. The van der Waals surface area contributed by atoms with Gasteiger partial charge in [0.2, 0.25) is 0 Å². The van der Waals surface area contributed by atoms with E-state index in [4.69, 9.17) is 17.3 Å². The van der Waals surface area contributed by atoms with Crippen molar-refractivity contribution in [3.8, 4) is 5.75 Å². The van der Waals surface area contributed by atoms with Crippen molar-refractivity contribution in [1.29, 1.82) is 0 Å². The summed E-state index contributed by atoms with van der Waals surface area (Å²) in [6, 6.07) is 10.9. The van der Waals surface area contributed by atoms with E-state index >= 15 is 0 Å². The average Bonchev–Trinajstić information content (AvgIpc) is 2.38. The monoisotopic (exact) mass is 333 g/mol. The highest BCUT2D eigenvalue weighted by molar-refractivity contribution is 7.98. The summed E-state index contributed by atoms with van der Waals surface area (Å²) in [4.78, 5) is 0.759. The van der Waals surface area contributed by atoms with Crippen LogP contribution < -0.4 is 10.5 Å². The van der Waals surface area contributed by atoms with E-state index in [-0.39, 0.29) is 5.75 Å². The van der Waals surface area contributed by atoms with Gasteiger partial charge in [-0.1, -0.05) is 29.8 Å². The molecule has 0 bridgehead atoms. The van der Waals surface area contributed by atoms with Crippen molar-refractivity contribution >= 4 is 29.1 Å². The lowest BCUT2D eigenvalue weighted by Crippen LogP contribution is -2.16. The van der Waals surface area contributed by atoms with Crippen LogP contribution in [0.3, 0.4) is 0 Å². The van der Waals surface area contributed by atoms with Gasteiger partial charge in [0, 0.05) is 16.3 Å². The van der Waals surface area contributed by atoms with Crippen molar-refractivity contribution < 1.29 is 17.9 Å². The van der Waals surface area contributed by atoms with Crippen LogP contribution in [0.4, 0.5) is 18.9 Å². The van der Waals surface area contributed by atoms with Gasteiger partial charge >= 0.3 is 6.36 Å². The fourth-order valence-corrected chi connectivity index (χ4v) is 2.91. The van der Waals surface area contributed by atoms with E-state index < -0.39 is 6.36 Å². The van der Waals surface area contributed by atoms with Crippen LogP contribution in [0, 0.1) is 0 Å². The smallest absolute Gasteiger partial charge is 0.406 e. The predicted octanol–water partition coefficient (Wildman–Crippen LogP) is 5.11. The molecule has 0 fully saturated rings. The van der Waals surface area contributed by atoms with E-state index in [0.29, 0.717) is 16.5 Å². The van der Waals surface area contributed by atoms with Crippen LogP contribution in [0.5, 0.6) is 5.75 Å². The molecule has 0 unspecified atom stereocenters. The molecule has 112 valence electrons. The van der Waals surface area contributed by atoms with Gasteiger partial charge in [0.15, 0.2) is 0 Å². The van der Waals surface area contributed by atoms with Gasteiger partial charge in [-0.3, -0.25) is 0 Å². The Labute approximate surface area is 129 Å². The normalized spacial score (nSPS) is 11.4. The summed E-state index contributed by atoms with van der Waals surface area (Å²) in [6.45, 7) is 0. The number of anilines is 1. The number of thioether (sulfide) groups is 1. The van der Waals surface area contributed by atoms with Crippen LogP contribution in [-0.4, -0.2) is 6.36 Å². The third-order valence-corrected chi connectivity index (χ3v) is 4.19. The Bertz CT molecular complexity index is 596. The number of rotatable bonds is 4.